The fraction of sp³-hybridized carbons (Fsp3) is 0.474. The van der Waals surface area contributed by atoms with Gasteiger partial charge in [-0.3, -0.25) is 9.48 Å². The molecule has 2 aromatic rings. The van der Waals surface area contributed by atoms with Crippen LogP contribution in [-0.2, 0) is 13.0 Å². The van der Waals surface area contributed by atoms with Crippen molar-refractivity contribution in [2.75, 3.05) is 33.7 Å². The van der Waals surface area contributed by atoms with Gasteiger partial charge >= 0.3 is 0 Å². The maximum Gasteiger partial charge on any atom is 0.257 e. The van der Waals surface area contributed by atoms with Crippen LogP contribution in [0.1, 0.15) is 15.9 Å². The van der Waals surface area contributed by atoms with E-state index in [4.69, 9.17) is 0 Å². The fourth-order valence-corrected chi connectivity index (χ4v) is 3.22. The largest absolute Gasteiger partial charge is 0.391 e. The molecule has 0 aliphatic carbocycles. The van der Waals surface area contributed by atoms with Crippen LogP contribution in [0, 0.1) is 5.92 Å². The first-order valence-corrected chi connectivity index (χ1v) is 8.71. The van der Waals surface area contributed by atoms with Gasteiger partial charge in [-0.15, -0.1) is 0 Å². The van der Waals surface area contributed by atoms with Crippen molar-refractivity contribution >= 4 is 5.91 Å². The van der Waals surface area contributed by atoms with Gasteiger partial charge in [-0.25, -0.2) is 0 Å². The van der Waals surface area contributed by atoms with Crippen molar-refractivity contribution in [1.82, 2.24) is 19.6 Å². The Kier molecular flexibility index (Phi) is 5.50. The molecule has 0 unspecified atom stereocenters. The van der Waals surface area contributed by atoms with E-state index in [9.17, 15) is 9.90 Å². The van der Waals surface area contributed by atoms with Gasteiger partial charge in [0.15, 0.2) is 0 Å². The average Bonchev–Trinajstić information content (AvgIpc) is 3.21. The Labute approximate surface area is 148 Å². The highest BCUT2D eigenvalue weighted by Crippen LogP contribution is 2.23. The van der Waals surface area contributed by atoms with Crippen LogP contribution in [0.25, 0.3) is 0 Å². The summed E-state index contributed by atoms with van der Waals surface area (Å²) in [6, 6.07) is 10.1. The van der Waals surface area contributed by atoms with Gasteiger partial charge in [0, 0.05) is 31.7 Å². The highest BCUT2D eigenvalue weighted by Gasteiger charge is 2.34. The maximum atomic E-state index is 12.7. The van der Waals surface area contributed by atoms with Crippen molar-refractivity contribution in [1.29, 1.82) is 0 Å². The number of aliphatic hydroxyl groups excluding tert-OH is 1. The van der Waals surface area contributed by atoms with Gasteiger partial charge in [-0.1, -0.05) is 30.3 Å². The number of carbonyl (C=O) groups excluding carboxylic acids is 1. The van der Waals surface area contributed by atoms with Crippen LogP contribution in [0.2, 0.25) is 0 Å². The van der Waals surface area contributed by atoms with E-state index < -0.39 is 6.10 Å². The molecule has 6 nitrogen and oxygen atoms in total. The summed E-state index contributed by atoms with van der Waals surface area (Å²) in [5.41, 5.74) is 1.78. The molecule has 0 saturated carbocycles. The maximum absolute atomic E-state index is 12.7. The lowest BCUT2D eigenvalue weighted by Crippen LogP contribution is -2.29. The third-order valence-electron chi connectivity index (χ3n) is 4.69. The molecule has 1 fully saturated rings. The van der Waals surface area contributed by atoms with Crippen LogP contribution in [0.5, 0.6) is 0 Å². The number of carbonyl (C=O) groups is 1. The highest BCUT2D eigenvalue weighted by atomic mass is 16.3. The zero-order valence-electron chi connectivity index (χ0n) is 14.9. The molecule has 1 aromatic heterocycles. The third kappa shape index (κ3) is 4.46. The first kappa shape index (κ1) is 17.6. The molecule has 1 aromatic carbocycles. The van der Waals surface area contributed by atoms with Crippen LogP contribution < -0.4 is 0 Å². The fourth-order valence-electron chi connectivity index (χ4n) is 3.22. The Morgan fingerprint density at radius 2 is 2.04 bits per heavy atom. The molecule has 0 radical (unpaired) electrons. The lowest BCUT2D eigenvalue weighted by Gasteiger charge is -2.15. The molecule has 0 spiro atoms. The number of likely N-dealkylation sites (tertiary alicyclic amines) is 1. The molecule has 1 saturated heterocycles. The van der Waals surface area contributed by atoms with Crippen molar-refractivity contribution in [3.05, 3.63) is 53.9 Å². The normalized spacial score (nSPS) is 20.4. The van der Waals surface area contributed by atoms with Crippen LogP contribution >= 0.6 is 0 Å². The number of aromatic nitrogens is 2. The van der Waals surface area contributed by atoms with Gasteiger partial charge in [0.25, 0.3) is 5.91 Å². The summed E-state index contributed by atoms with van der Waals surface area (Å²) in [5, 5.41) is 14.6. The Bertz CT molecular complexity index is 698. The Hall–Kier alpha value is -2.18. The van der Waals surface area contributed by atoms with Gasteiger partial charge in [-0.05, 0) is 26.1 Å². The minimum Gasteiger partial charge on any atom is -0.391 e. The molecule has 2 heterocycles. The molecule has 0 bridgehead atoms. The van der Waals surface area contributed by atoms with Gasteiger partial charge in [0.1, 0.15) is 0 Å². The molecular weight excluding hydrogens is 316 g/mol. The summed E-state index contributed by atoms with van der Waals surface area (Å²) in [6.07, 6.45) is 3.72. The van der Waals surface area contributed by atoms with Crippen molar-refractivity contribution in [3.8, 4) is 0 Å². The first-order valence-electron chi connectivity index (χ1n) is 8.71. The average molecular weight is 342 g/mol. The quantitative estimate of drug-likeness (QED) is 0.855. The summed E-state index contributed by atoms with van der Waals surface area (Å²) >= 11 is 0. The monoisotopic (exact) mass is 342 g/mol. The first-order chi connectivity index (χ1) is 12.0. The minimum absolute atomic E-state index is 0.0503. The smallest absolute Gasteiger partial charge is 0.257 e. The lowest BCUT2D eigenvalue weighted by molar-refractivity contribution is 0.0764. The molecule has 1 aliphatic rings. The zero-order chi connectivity index (χ0) is 17.8. The molecule has 134 valence electrons. The summed E-state index contributed by atoms with van der Waals surface area (Å²) in [7, 11) is 4.02. The van der Waals surface area contributed by atoms with E-state index in [1.807, 2.05) is 32.3 Å². The second-order valence-electron chi connectivity index (χ2n) is 7.02. The number of β-amino-alcohol motifs (C(OH)–C–C–N with tert-alkyl or cyclic N) is 1. The molecule has 6 heteroatoms. The molecular formula is C19H26N4O2. The second kappa shape index (κ2) is 7.80. The van der Waals surface area contributed by atoms with Gasteiger partial charge < -0.3 is 14.9 Å². The van der Waals surface area contributed by atoms with E-state index in [1.54, 1.807) is 22.0 Å². The number of hydrogen-bond donors (Lipinski definition) is 1. The number of aliphatic hydroxyl groups is 1. The standard InChI is InChI=1S/C19H26N4O2/c1-21(2)8-9-23-13-17(11-20-23)19(25)22-12-16(18(24)14-22)10-15-6-4-3-5-7-15/h3-7,11,13,16,18,24H,8-10,12,14H2,1-2H3/t16-,18-/m1/s1. The van der Waals surface area contributed by atoms with Gasteiger partial charge in [0.2, 0.25) is 0 Å². The molecule has 1 aliphatic heterocycles. The second-order valence-corrected chi connectivity index (χ2v) is 7.02. The number of nitrogens with zero attached hydrogens (tertiary/aromatic N) is 4. The third-order valence-corrected chi connectivity index (χ3v) is 4.69. The lowest BCUT2D eigenvalue weighted by atomic mass is 9.97. The van der Waals surface area contributed by atoms with Gasteiger partial charge in [0.05, 0.1) is 24.4 Å². The van der Waals surface area contributed by atoms with E-state index in [1.165, 1.54) is 5.56 Å². The Morgan fingerprint density at radius 1 is 1.28 bits per heavy atom. The van der Waals surface area contributed by atoms with E-state index >= 15 is 0 Å². The van der Waals surface area contributed by atoms with Crippen LogP contribution in [0.15, 0.2) is 42.7 Å². The van der Waals surface area contributed by atoms with E-state index in [2.05, 4.69) is 22.1 Å². The summed E-state index contributed by atoms with van der Waals surface area (Å²) < 4.78 is 1.79. The summed E-state index contributed by atoms with van der Waals surface area (Å²) in [5.74, 6) is 0.0286. The Morgan fingerprint density at radius 3 is 2.76 bits per heavy atom. The SMILES string of the molecule is CN(C)CCn1cc(C(=O)N2C[C@@H](Cc3ccccc3)[C@H](O)C2)cn1. The van der Waals surface area contributed by atoms with E-state index in [0.717, 1.165) is 19.5 Å². The van der Waals surface area contributed by atoms with E-state index in [-0.39, 0.29) is 11.8 Å². The summed E-state index contributed by atoms with van der Waals surface area (Å²) in [6.45, 7) is 2.59. The Balaban J connectivity index is 1.60. The number of hydrogen-bond acceptors (Lipinski definition) is 4. The number of amides is 1. The molecule has 2 atom stereocenters. The number of likely N-dealkylation sites (N-methyl/N-ethyl adjacent to an activating group) is 1. The van der Waals surface area contributed by atoms with Gasteiger partial charge in [-0.2, -0.15) is 5.10 Å². The topological polar surface area (TPSA) is 61.6 Å². The predicted octanol–water partition coefficient (Wildman–Crippen LogP) is 1.12. The van der Waals surface area contributed by atoms with E-state index in [0.29, 0.717) is 18.7 Å². The van der Waals surface area contributed by atoms with Crippen LogP contribution in [-0.4, -0.2) is 70.4 Å². The zero-order valence-corrected chi connectivity index (χ0v) is 14.9. The van der Waals surface area contributed by atoms with Crippen molar-refractivity contribution < 1.29 is 9.90 Å². The molecule has 1 N–H and O–H groups in total. The van der Waals surface area contributed by atoms with Crippen molar-refractivity contribution in [2.24, 2.45) is 5.92 Å². The molecule has 25 heavy (non-hydrogen) atoms. The molecule has 1 amide bonds. The predicted molar refractivity (Wildman–Crippen MR) is 96.3 cm³/mol. The number of benzene rings is 1. The summed E-state index contributed by atoms with van der Waals surface area (Å²) in [4.78, 5) is 16.5. The van der Waals surface area contributed by atoms with Crippen LogP contribution in [0.4, 0.5) is 0 Å². The molecule has 3 rings (SSSR count). The van der Waals surface area contributed by atoms with Crippen LogP contribution in [0.3, 0.4) is 0 Å². The van der Waals surface area contributed by atoms with Crippen molar-refractivity contribution in [3.63, 3.8) is 0 Å². The van der Waals surface area contributed by atoms with Crippen molar-refractivity contribution in [2.45, 2.75) is 19.1 Å². The minimum atomic E-state index is -0.479. The highest BCUT2D eigenvalue weighted by molar-refractivity contribution is 5.94. The number of rotatable bonds is 6.